The zero-order valence-corrected chi connectivity index (χ0v) is 20.5. The third kappa shape index (κ3) is 7.08. The van der Waals surface area contributed by atoms with Crippen LogP contribution in [0.3, 0.4) is 0 Å². The van der Waals surface area contributed by atoms with Gasteiger partial charge in [0.25, 0.3) is 10.0 Å². The molecule has 0 bridgehead atoms. The third-order valence-corrected chi connectivity index (χ3v) is 7.25. The minimum atomic E-state index is -4.16. The molecule has 0 aliphatic rings. The lowest BCUT2D eigenvalue weighted by molar-refractivity contribution is -0.119. The lowest BCUT2D eigenvalue weighted by atomic mass is 9.99. The van der Waals surface area contributed by atoms with E-state index < -0.39 is 28.3 Å². The zero-order chi connectivity index (χ0) is 24.4. The lowest BCUT2D eigenvalue weighted by Crippen LogP contribution is -2.42. The number of unbranched alkanes of at least 4 members (excludes halogenated alkanes) is 1. The Bertz CT molecular complexity index is 1010. The molecular formula is C24H33FN2O5S. The summed E-state index contributed by atoms with van der Waals surface area (Å²) >= 11 is 0. The van der Waals surface area contributed by atoms with Gasteiger partial charge in [0.15, 0.2) is 11.5 Å². The number of rotatable bonds is 13. The van der Waals surface area contributed by atoms with Crippen molar-refractivity contribution in [2.24, 2.45) is 5.92 Å². The van der Waals surface area contributed by atoms with Gasteiger partial charge in [-0.25, -0.2) is 12.8 Å². The minimum absolute atomic E-state index is 0.0772. The first-order chi connectivity index (χ1) is 15.8. The highest BCUT2D eigenvalue weighted by Crippen LogP contribution is 2.32. The van der Waals surface area contributed by atoms with Crippen LogP contribution in [0.2, 0.25) is 0 Å². The van der Waals surface area contributed by atoms with Crippen molar-refractivity contribution < 1.29 is 27.1 Å². The molecule has 0 aromatic heterocycles. The maximum Gasteiger partial charge on any atom is 0.264 e. The van der Waals surface area contributed by atoms with Crippen LogP contribution < -0.4 is 19.1 Å². The van der Waals surface area contributed by atoms with Gasteiger partial charge in [0, 0.05) is 12.6 Å². The topological polar surface area (TPSA) is 84.9 Å². The molecule has 1 N–H and O–H groups in total. The first kappa shape index (κ1) is 26.4. The van der Waals surface area contributed by atoms with Crippen LogP contribution in [0.4, 0.5) is 10.1 Å². The third-order valence-electron chi connectivity index (χ3n) is 5.48. The van der Waals surface area contributed by atoms with Gasteiger partial charge in [0.05, 0.1) is 24.8 Å². The maximum absolute atomic E-state index is 13.5. The quantitative estimate of drug-likeness (QED) is 0.460. The van der Waals surface area contributed by atoms with Crippen molar-refractivity contribution in [1.82, 2.24) is 5.32 Å². The van der Waals surface area contributed by atoms with Gasteiger partial charge in [-0.05, 0) is 48.7 Å². The number of methoxy groups -OCH3 is 2. The van der Waals surface area contributed by atoms with Crippen LogP contribution in [0.15, 0.2) is 47.4 Å². The highest BCUT2D eigenvalue weighted by Gasteiger charge is 2.28. The summed E-state index contributed by atoms with van der Waals surface area (Å²) in [4.78, 5) is 12.7. The molecule has 0 spiro atoms. The Kier molecular flexibility index (Phi) is 9.96. The van der Waals surface area contributed by atoms with Crippen molar-refractivity contribution in [2.75, 3.05) is 31.6 Å². The molecule has 0 saturated heterocycles. The molecule has 7 nitrogen and oxygen atoms in total. The molecule has 2 aromatic carbocycles. The summed E-state index contributed by atoms with van der Waals surface area (Å²) in [6.45, 7) is 4.22. The number of nitrogens with zero attached hydrogens (tertiary/aromatic N) is 1. The Morgan fingerprint density at radius 3 is 2.30 bits per heavy atom. The molecule has 0 heterocycles. The standard InChI is InChI=1S/C24H33FN2O5S/c1-5-7-8-18(6-2)16-26-24(28)17-27(20-11-9-19(25)10-12-20)33(29,30)21-13-14-22(31-3)23(15-21)32-4/h9-15,18H,5-8,16-17H2,1-4H3,(H,26,28). The fourth-order valence-electron chi connectivity index (χ4n) is 3.41. The highest BCUT2D eigenvalue weighted by atomic mass is 32.2. The smallest absolute Gasteiger partial charge is 0.264 e. The summed E-state index contributed by atoms with van der Waals surface area (Å²) in [5.41, 5.74) is 0.180. The van der Waals surface area contributed by atoms with E-state index in [0.29, 0.717) is 18.2 Å². The number of amides is 1. The number of halogens is 1. The minimum Gasteiger partial charge on any atom is -0.493 e. The van der Waals surface area contributed by atoms with Crippen LogP contribution >= 0.6 is 0 Å². The number of anilines is 1. The van der Waals surface area contributed by atoms with E-state index in [0.717, 1.165) is 42.1 Å². The average molecular weight is 481 g/mol. The van der Waals surface area contributed by atoms with Crippen LogP contribution in [-0.4, -0.2) is 41.6 Å². The molecule has 9 heteroatoms. The van der Waals surface area contributed by atoms with Gasteiger partial charge in [-0.15, -0.1) is 0 Å². The van der Waals surface area contributed by atoms with Crippen molar-refractivity contribution in [3.63, 3.8) is 0 Å². The molecular weight excluding hydrogens is 447 g/mol. The Labute approximate surface area is 195 Å². The van der Waals surface area contributed by atoms with Gasteiger partial charge < -0.3 is 14.8 Å². The normalized spacial score (nSPS) is 12.2. The summed E-state index contributed by atoms with van der Waals surface area (Å²) in [5, 5.41) is 2.85. The molecule has 1 unspecified atom stereocenters. The Hall–Kier alpha value is -2.81. The van der Waals surface area contributed by atoms with E-state index in [1.165, 1.54) is 44.6 Å². The monoisotopic (exact) mass is 480 g/mol. The van der Waals surface area contributed by atoms with E-state index in [1.807, 2.05) is 0 Å². The molecule has 0 saturated carbocycles. The molecule has 0 aliphatic heterocycles. The van der Waals surface area contributed by atoms with Gasteiger partial charge in [-0.3, -0.25) is 9.10 Å². The van der Waals surface area contributed by atoms with Crippen molar-refractivity contribution in [2.45, 2.75) is 44.4 Å². The van der Waals surface area contributed by atoms with Crippen molar-refractivity contribution >= 4 is 21.6 Å². The maximum atomic E-state index is 13.5. The van der Waals surface area contributed by atoms with E-state index in [2.05, 4.69) is 19.2 Å². The summed E-state index contributed by atoms with van der Waals surface area (Å²) in [5.74, 6) is 0.00587. The summed E-state index contributed by atoms with van der Waals surface area (Å²) in [6, 6.07) is 9.16. The Morgan fingerprint density at radius 1 is 1.06 bits per heavy atom. The second-order valence-corrected chi connectivity index (χ2v) is 9.59. The van der Waals surface area contributed by atoms with Crippen LogP contribution in [0.5, 0.6) is 11.5 Å². The van der Waals surface area contributed by atoms with Crippen LogP contribution in [0, 0.1) is 11.7 Å². The molecule has 182 valence electrons. The zero-order valence-electron chi connectivity index (χ0n) is 19.6. The van der Waals surface area contributed by atoms with E-state index in [9.17, 15) is 17.6 Å². The van der Waals surface area contributed by atoms with Gasteiger partial charge in [-0.2, -0.15) is 0 Å². The van der Waals surface area contributed by atoms with Crippen molar-refractivity contribution in [3.8, 4) is 11.5 Å². The second kappa shape index (κ2) is 12.4. The number of sulfonamides is 1. The molecule has 33 heavy (non-hydrogen) atoms. The van der Waals surface area contributed by atoms with Gasteiger partial charge in [0.2, 0.25) is 5.91 Å². The predicted octanol–water partition coefficient (Wildman–Crippen LogP) is 4.37. The fourth-order valence-corrected chi connectivity index (χ4v) is 4.85. The van der Waals surface area contributed by atoms with Crippen molar-refractivity contribution in [1.29, 1.82) is 0 Å². The number of hydrogen-bond donors (Lipinski definition) is 1. The first-order valence-electron chi connectivity index (χ1n) is 11.0. The number of carbonyl (C=O) groups is 1. The molecule has 2 rings (SSSR count). The van der Waals surface area contributed by atoms with E-state index >= 15 is 0 Å². The molecule has 2 aromatic rings. The van der Waals surface area contributed by atoms with Gasteiger partial charge >= 0.3 is 0 Å². The van der Waals surface area contributed by atoms with E-state index in [1.54, 1.807) is 0 Å². The lowest BCUT2D eigenvalue weighted by Gasteiger charge is -2.25. The number of benzene rings is 2. The second-order valence-electron chi connectivity index (χ2n) is 7.73. The summed E-state index contributed by atoms with van der Waals surface area (Å²) in [6.07, 6.45) is 4.07. The molecule has 0 aliphatic carbocycles. The summed E-state index contributed by atoms with van der Waals surface area (Å²) < 4.78 is 51.9. The molecule has 1 atom stereocenters. The fraction of sp³-hybridized carbons (Fsp3) is 0.458. The highest BCUT2D eigenvalue weighted by molar-refractivity contribution is 7.92. The van der Waals surface area contributed by atoms with Crippen LogP contribution in [-0.2, 0) is 14.8 Å². The predicted molar refractivity (Wildman–Crippen MR) is 127 cm³/mol. The first-order valence-corrected chi connectivity index (χ1v) is 12.5. The van der Waals surface area contributed by atoms with E-state index in [4.69, 9.17) is 9.47 Å². The Balaban J connectivity index is 2.32. The number of carbonyl (C=O) groups excluding carboxylic acids is 1. The number of hydrogen-bond acceptors (Lipinski definition) is 5. The SMILES string of the molecule is CCCCC(CC)CNC(=O)CN(c1ccc(F)cc1)S(=O)(=O)c1ccc(OC)c(OC)c1. The Morgan fingerprint density at radius 2 is 1.73 bits per heavy atom. The van der Waals surface area contributed by atoms with Crippen LogP contribution in [0.25, 0.3) is 0 Å². The largest absolute Gasteiger partial charge is 0.493 e. The molecule has 0 fully saturated rings. The number of ether oxygens (including phenoxy) is 2. The summed E-state index contributed by atoms with van der Waals surface area (Å²) in [7, 11) is -1.31. The van der Waals surface area contributed by atoms with Crippen molar-refractivity contribution in [3.05, 3.63) is 48.3 Å². The van der Waals surface area contributed by atoms with Gasteiger partial charge in [-0.1, -0.05) is 33.1 Å². The van der Waals surface area contributed by atoms with E-state index in [-0.39, 0.29) is 16.3 Å². The number of nitrogens with one attached hydrogen (secondary N) is 1. The molecule has 1 amide bonds. The van der Waals surface area contributed by atoms with Crippen LogP contribution in [0.1, 0.15) is 39.5 Å². The average Bonchev–Trinajstić information content (AvgIpc) is 2.82. The van der Waals surface area contributed by atoms with Gasteiger partial charge in [0.1, 0.15) is 12.4 Å². The molecule has 0 radical (unpaired) electrons.